The fourth-order valence-corrected chi connectivity index (χ4v) is 3.78. The molecule has 0 aliphatic heterocycles. The normalized spacial score (nSPS) is 11.2. The lowest BCUT2D eigenvalue weighted by Crippen LogP contribution is -2.38. The van der Waals surface area contributed by atoms with Gasteiger partial charge in [-0.05, 0) is 69.0 Å². The number of amides is 1. The fraction of sp³-hybridized carbons (Fsp3) is 0.385. The first-order valence-electron chi connectivity index (χ1n) is 11.5. The highest BCUT2D eigenvalue weighted by atomic mass is 127. The molecular weight excluding hydrogens is 525 g/mol. The largest absolute Gasteiger partial charge is 0.361 e. The van der Waals surface area contributed by atoms with Gasteiger partial charge in [0.05, 0.1) is 6.54 Å². The average molecular weight is 562 g/mol. The second kappa shape index (κ2) is 13.2. The number of rotatable bonds is 9. The van der Waals surface area contributed by atoms with Gasteiger partial charge in [0.1, 0.15) is 0 Å². The molecule has 0 bridgehead atoms. The number of fused-ring (bicyclic) bond motifs is 1. The van der Waals surface area contributed by atoms with E-state index in [1.807, 2.05) is 43.0 Å². The lowest BCUT2D eigenvalue weighted by Gasteiger charge is -2.18. The Morgan fingerprint density at radius 2 is 1.76 bits per heavy atom. The number of hydrogen-bond donors (Lipinski definition) is 3. The van der Waals surface area contributed by atoms with E-state index in [-0.39, 0.29) is 29.9 Å². The van der Waals surface area contributed by atoms with Crippen LogP contribution in [0.1, 0.15) is 47.8 Å². The van der Waals surface area contributed by atoms with Gasteiger partial charge in [0.25, 0.3) is 5.91 Å². The Labute approximate surface area is 214 Å². The Hall–Kier alpha value is -2.55. The maximum absolute atomic E-state index is 12.5. The minimum Gasteiger partial charge on any atom is -0.361 e. The molecule has 1 aromatic heterocycles. The lowest BCUT2D eigenvalue weighted by atomic mass is 10.1. The molecule has 0 fully saturated rings. The molecule has 178 valence electrons. The van der Waals surface area contributed by atoms with Crippen LogP contribution in [0.15, 0.2) is 53.7 Å². The first kappa shape index (κ1) is 26.7. The Balaban J connectivity index is 0.00000385. The van der Waals surface area contributed by atoms with Crippen molar-refractivity contribution in [3.63, 3.8) is 0 Å². The van der Waals surface area contributed by atoms with Gasteiger partial charge in [0.15, 0.2) is 5.96 Å². The Kier molecular flexibility index (Phi) is 10.7. The molecule has 1 heterocycles. The van der Waals surface area contributed by atoms with Gasteiger partial charge < -0.3 is 20.5 Å². The molecule has 33 heavy (non-hydrogen) atoms. The zero-order chi connectivity index (χ0) is 22.9. The number of carbonyl (C=O) groups excluding carboxylic acids is 1. The van der Waals surface area contributed by atoms with Crippen LogP contribution in [0.25, 0.3) is 10.9 Å². The summed E-state index contributed by atoms with van der Waals surface area (Å²) in [4.78, 5) is 22.4. The van der Waals surface area contributed by atoms with Crippen LogP contribution in [0.5, 0.6) is 0 Å². The van der Waals surface area contributed by atoms with Gasteiger partial charge in [-0.1, -0.05) is 24.3 Å². The zero-order valence-corrected chi connectivity index (χ0v) is 22.4. The molecule has 0 aliphatic rings. The van der Waals surface area contributed by atoms with E-state index in [2.05, 4.69) is 53.9 Å². The highest BCUT2D eigenvalue weighted by Crippen LogP contribution is 2.19. The number of nitrogens with zero attached hydrogens (tertiary/aromatic N) is 2. The number of aryl methyl sites for hydroxylation is 1. The van der Waals surface area contributed by atoms with Crippen molar-refractivity contribution in [3.05, 3.63) is 70.9 Å². The van der Waals surface area contributed by atoms with Gasteiger partial charge in [0, 0.05) is 48.8 Å². The van der Waals surface area contributed by atoms with Crippen LogP contribution in [0.3, 0.4) is 0 Å². The fourth-order valence-electron chi connectivity index (χ4n) is 3.78. The Bertz CT molecular complexity index is 1050. The molecule has 0 unspecified atom stereocenters. The van der Waals surface area contributed by atoms with Gasteiger partial charge >= 0.3 is 0 Å². The second-order valence-electron chi connectivity index (χ2n) is 7.91. The summed E-state index contributed by atoms with van der Waals surface area (Å²) in [6.45, 7) is 11.8. The van der Waals surface area contributed by atoms with Crippen molar-refractivity contribution < 1.29 is 4.79 Å². The molecule has 0 saturated carbocycles. The molecular formula is C26H36IN5O. The smallest absolute Gasteiger partial charge is 0.253 e. The molecule has 0 saturated heterocycles. The molecule has 0 atom stereocenters. The summed E-state index contributed by atoms with van der Waals surface area (Å²) >= 11 is 0. The SMILES string of the molecule is CCNC(=NCc1ccc(C(=O)N(CC)CC)cc1)NCCc1c[nH]c2cc(C)ccc12.I. The van der Waals surface area contributed by atoms with Crippen molar-refractivity contribution in [2.24, 2.45) is 4.99 Å². The summed E-state index contributed by atoms with van der Waals surface area (Å²) in [7, 11) is 0. The number of aromatic nitrogens is 1. The van der Waals surface area contributed by atoms with Crippen LogP contribution in [-0.2, 0) is 13.0 Å². The Morgan fingerprint density at radius 3 is 2.42 bits per heavy atom. The minimum atomic E-state index is 0. The van der Waals surface area contributed by atoms with Crippen LogP contribution in [0.4, 0.5) is 0 Å². The van der Waals surface area contributed by atoms with E-state index in [1.165, 1.54) is 22.0 Å². The molecule has 3 aromatic rings. The lowest BCUT2D eigenvalue weighted by molar-refractivity contribution is 0.0773. The first-order chi connectivity index (χ1) is 15.5. The summed E-state index contributed by atoms with van der Waals surface area (Å²) in [5.41, 5.74) is 5.54. The summed E-state index contributed by atoms with van der Waals surface area (Å²) in [6, 6.07) is 14.3. The predicted octanol–water partition coefficient (Wildman–Crippen LogP) is 4.87. The number of aromatic amines is 1. The van der Waals surface area contributed by atoms with Gasteiger partial charge in [0.2, 0.25) is 0 Å². The van der Waals surface area contributed by atoms with E-state index in [0.29, 0.717) is 6.54 Å². The number of aliphatic imine (C=N–C) groups is 1. The van der Waals surface area contributed by atoms with Crippen molar-refractivity contribution in [2.45, 2.75) is 40.7 Å². The first-order valence-corrected chi connectivity index (χ1v) is 11.5. The number of guanidine groups is 1. The number of H-pyrrole nitrogens is 1. The molecule has 0 aliphatic carbocycles. The van der Waals surface area contributed by atoms with E-state index in [4.69, 9.17) is 4.99 Å². The molecule has 3 N–H and O–H groups in total. The van der Waals surface area contributed by atoms with E-state index in [0.717, 1.165) is 49.7 Å². The van der Waals surface area contributed by atoms with E-state index >= 15 is 0 Å². The molecule has 2 aromatic carbocycles. The van der Waals surface area contributed by atoms with Crippen LogP contribution in [0, 0.1) is 6.92 Å². The molecule has 0 radical (unpaired) electrons. The Morgan fingerprint density at radius 1 is 1.03 bits per heavy atom. The molecule has 3 rings (SSSR count). The number of hydrogen-bond acceptors (Lipinski definition) is 2. The van der Waals surface area contributed by atoms with Crippen molar-refractivity contribution >= 4 is 46.7 Å². The highest BCUT2D eigenvalue weighted by Gasteiger charge is 2.12. The van der Waals surface area contributed by atoms with E-state index in [9.17, 15) is 4.79 Å². The summed E-state index contributed by atoms with van der Waals surface area (Å²) in [5, 5.41) is 8.01. The van der Waals surface area contributed by atoms with Gasteiger partial charge in [-0.3, -0.25) is 4.79 Å². The highest BCUT2D eigenvalue weighted by molar-refractivity contribution is 14.0. The van der Waals surface area contributed by atoms with Gasteiger partial charge in [-0.25, -0.2) is 4.99 Å². The van der Waals surface area contributed by atoms with Crippen LogP contribution in [0.2, 0.25) is 0 Å². The van der Waals surface area contributed by atoms with E-state index in [1.54, 1.807) is 0 Å². The third-order valence-electron chi connectivity index (χ3n) is 5.63. The zero-order valence-electron chi connectivity index (χ0n) is 20.1. The van der Waals surface area contributed by atoms with Crippen molar-refractivity contribution in [1.82, 2.24) is 20.5 Å². The topological polar surface area (TPSA) is 72.5 Å². The van der Waals surface area contributed by atoms with Crippen molar-refractivity contribution in [3.8, 4) is 0 Å². The molecule has 1 amide bonds. The standard InChI is InChI=1S/C26H35N5O.HI/c1-5-27-26(28-15-14-22-18-29-24-16-19(4)8-13-23(22)24)30-17-20-9-11-21(12-10-20)25(32)31(6-2)7-3;/h8-13,16,18,29H,5-7,14-15,17H2,1-4H3,(H2,27,28,30);1H. The summed E-state index contributed by atoms with van der Waals surface area (Å²) in [5.74, 6) is 0.874. The molecule has 6 nitrogen and oxygen atoms in total. The predicted molar refractivity (Wildman–Crippen MR) is 149 cm³/mol. The molecule has 7 heteroatoms. The summed E-state index contributed by atoms with van der Waals surface area (Å²) < 4.78 is 0. The quantitative estimate of drug-likeness (QED) is 0.198. The minimum absolute atomic E-state index is 0. The van der Waals surface area contributed by atoms with Crippen LogP contribution >= 0.6 is 24.0 Å². The number of nitrogens with one attached hydrogen (secondary N) is 3. The van der Waals surface area contributed by atoms with Crippen LogP contribution in [-0.4, -0.2) is 47.9 Å². The second-order valence-corrected chi connectivity index (χ2v) is 7.91. The third kappa shape index (κ3) is 7.22. The average Bonchev–Trinajstić information content (AvgIpc) is 3.20. The van der Waals surface area contributed by atoms with Crippen LogP contribution < -0.4 is 10.6 Å². The molecule has 0 spiro atoms. The maximum Gasteiger partial charge on any atom is 0.253 e. The number of benzene rings is 2. The maximum atomic E-state index is 12.5. The van der Waals surface area contributed by atoms with Crippen molar-refractivity contribution in [1.29, 1.82) is 0 Å². The van der Waals surface area contributed by atoms with Crippen molar-refractivity contribution in [2.75, 3.05) is 26.2 Å². The number of halogens is 1. The number of carbonyl (C=O) groups is 1. The third-order valence-corrected chi connectivity index (χ3v) is 5.63. The summed E-state index contributed by atoms with van der Waals surface area (Å²) in [6.07, 6.45) is 3.01. The van der Waals surface area contributed by atoms with E-state index < -0.39 is 0 Å². The van der Waals surface area contributed by atoms with Gasteiger partial charge in [-0.2, -0.15) is 0 Å². The monoisotopic (exact) mass is 561 g/mol. The van der Waals surface area contributed by atoms with Gasteiger partial charge in [-0.15, -0.1) is 24.0 Å².